The number of aryl methyl sites for hydroxylation is 2. The van der Waals surface area contributed by atoms with E-state index < -0.39 is 0 Å². The summed E-state index contributed by atoms with van der Waals surface area (Å²) in [4.78, 5) is 12.6. The van der Waals surface area contributed by atoms with Crippen molar-refractivity contribution >= 4 is 16.7 Å². The minimum atomic E-state index is -0.0186. The average Bonchev–Trinajstić information content (AvgIpc) is 2.54. The van der Waals surface area contributed by atoms with Gasteiger partial charge in [-0.1, -0.05) is 66.2 Å². The molecule has 2 nitrogen and oxygen atoms in total. The van der Waals surface area contributed by atoms with Crippen molar-refractivity contribution in [3.8, 4) is 0 Å². The maximum atomic E-state index is 12.6. The molecule has 1 amide bonds. The molecule has 0 bridgehead atoms. The molecule has 0 radical (unpaired) electrons. The predicted octanol–water partition coefficient (Wildman–Crippen LogP) is 4.39. The zero-order valence-electron chi connectivity index (χ0n) is 12.9. The molecule has 1 N–H and O–H groups in total. The summed E-state index contributed by atoms with van der Waals surface area (Å²) in [6, 6.07) is 20.3. The van der Waals surface area contributed by atoms with Crippen LogP contribution in [0.25, 0.3) is 10.8 Å². The molecule has 110 valence electrons. The molecular formula is C20H19NO. The van der Waals surface area contributed by atoms with Crippen molar-refractivity contribution in [2.24, 2.45) is 0 Å². The Kier molecular flexibility index (Phi) is 3.92. The van der Waals surface area contributed by atoms with Crippen molar-refractivity contribution in [1.82, 2.24) is 5.32 Å². The number of rotatable bonds is 3. The lowest BCUT2D eigenvalue weighted by molar-refractivity contribution is 0.0952. The molecule has 0 aliphatic rings. The van der Waals surface area contributed by atoms with Gasteiger partial charge < -0.3 is 5.32 Å². The second-order valence-electron chi connectivity index (χ2n) is 5.65. The van der Waals surface area contributed by atoms with Crippen LogP contribution in [-0.2, 0) is 6.54 Å². The first-order valence-electron chi connectivity index (χ1n) is 7.47. The number of carbonyl (C=O) groups is 1. The molecule has 0 saturated heterocycles. The zero-order valence-corrected chi connectivity index (χ0v) is 12.9. The van der Waals surface area contributed by atoms with Crippen LogP contribution in [0, 0.1) is 13.8 Å². The average molecular weight is 289 g/mol. The van der Waals surface area contributed by atoms with Crippen LogP contribution in [0.4, 0.5) is 0 Å². The van der Waals surface area contributed by atoms with Gasteiger partial charge in [0.05, 0.1) is 5.56 Å². The van der Waals surface area contributed by atoms with Gasteiger partial charge in [-0.3, -0.25) is 4.79 Å². The van der Waals surface area contributed by atoms with Crippen molar-refractivity contribution in [2.45, 2.75) is 20.4 Å². The van der Waals surface area contributed by atoms with Gasteiger partial charge in [0, 0.05) is 6.54 Å². The Balaban J connectivity index is 1.86. The Labute approximate surface area is 130 Å². The second kappa shape index (κ2) is 6.02. The van der Waals surface area contributed by atoms with Gasteiger partial charge in [-0.15, -0.1) is 0 Å². The van der Waals surface area contributed by atoms with Crippen LogP contribution in [0.3, 0.4) is 0 Å². The Hall–Kier alpha value is -2.61. The molecule has 0 unspecified atom stereocenters. The van der Waals surface area contributed by atoms with Crippen molar-refractivity contribution in [1.29, 1.82) is 0 Å². The largest absolute Gasteiger partial charge is 0.348 e. The summed E-state index contributed by atoms with van der Waals surface area (Å²) in [6.45, 7) is 4.58. The van der Waals surface area contributed by atoms with Crippen LogP contribution in [0.2, 0.25) is 0 Å². The molecule has 3 aromatic carbocycles. The Morgan fingerprint density at radius 2 is 1.64 bits per heavy atom. The van der Waals surface area contributed by atoms with E-state index in [2.05, 4.69) is 30.4 Å². The summed E-state index contributed by atoms with van der Waals surface area (Å²) in [5, 5.41) is 5.12. The molecule has 3 aromatic rings. The Morgan fingerprint density at radius 3 is 2.41 bits per heavy atom. The van der Waals surface area contributed by atoms with Crippen molar-refractivity contribution in [2.75, 3.05) is 0 Å². The lowest BCUT2D eigenvalue weighted by Gasteiger charge is -2.11. The molecule has 3 rings (SSSR count). The molecule has 0 aromatic heterocycles. The molecular weight excluding hydrogens is 270 g/mol. The van der Waals surface area contributed by atoms with E-state index in [1.807, 2.05) is 49.4 Å². The van der Waals surface area contributed by atoms with E-state index >= 15 is 0 Å². The quantitative estimate of drug-likeness (QED) is 0.761. The van der Waals surface area contributed by atoms with E-state index in [-0.39, 0.29) is 5.91 Å². The third kappa shape index (κ3) is 2.86. The molecule has 0 aliphatic carbocycles. The highest BCUT2D eigenvalue weighted by Gasteiger charge is 2.12. The van der Waals surface area contributed by atoms with Gasteiger partial charge >= 0.3 is 0 Å². The van der Waals surface area contributed by atoms with E-state index in [9.17, 15) is 4.79 Å². The monoisotopic (exact) mass is 289 g/mol. The number of benzene rings is 3. The summed E-state index contributed by atoms with van der Waals surface area (Å²) >= 11 is 0. The number of carbonyl (C=O) groups excluding carboxylic acids is 1. The number of nitrogens with one attached hydrogen (secondary N) is 1. The zero-order chi connectivity index (χ0) is 15.5. The summed E-state index contributed by atoms with van der Waals surface area (Å²) < 4.78 is 0. The summed E-state index contributed by atoms with van der Waals surface area (Å²) in [5.74, 6) is -0.0186. The van der Waals surface area contributed by atoms with Gasteiger partial charge in [-0.25, -0.2) is 0 Å². The molecule has 0 fully saturated rings. The SMILES string of the molecule is Cc1ccc(CNC(=O)c2c(C)ccc3ccccc23)cc1. The Bertz CT molecular complexity index is 819. The first-order chi connectivity index (χ1) is 10.6. The molecule has 2 heteroatoms. The van der Waals surface area contributed by atoms with Crippen molar-refractivity contribution in [3.05, 3.63) is 82.9 Å². The molecule has 0 atom stereocenters. The molecule has 0 aliphatic heterocycles. The standard InChI is InChI=1S/C20H19NO/c1-14-7-10-16(11-8-14)13-21-20(22)19-15(2)9-12-17-5-3-4-6-18(17)19/h3-12H,13H2,1-2H3,(H,21,22). The highest BCUT2D eigenvalue weighted by Crippen LogP contribution is 2.22. The van der Waals surface area contributed by atoms with E-state index in [4.69, 9.17) is 0 Å². The number of hydrogen-bond acceptors (Lipinski definition) is 1. The maximum absolute atomic E-state index is 12.6. The topological polar surface area (TPSA) is 29.1 Å². The first-order valence-corrected chi connectivity index (χ1v) is 7.47. The van der Waals surface area contributed by atoms with Crippen LogP contribution in [0.1, 0.15) is 27.0 Å². The molecule has 0 spiro atoms. The maximum Gasteiger partial charge on any atom is 0.252 e. The van der Waals surface area contributed by atoms with E-state index in [1.54, 1.807) is 0 Å². The van der Waals surface area contributed by atoms with Crippen LogP contribution in [0.5, 0.6) is 0 Å². The highest BCUT2D eigenvalue weighted by atomic mass is 16.1. The van der Waals surface area contributed by atoms with Gasteiger partial charge in [0.25, 0.3) is 5.91 Å². The van der Waals surface area contributed by atoms with Crippen molar-refractivity contribution in [3.63, 3.8) is 0 Å². The smallest absolute Gasteiger partial charge is 0.252 e. The highest BCUT2D eigenvalue weighted by molar-refractivity contribution is 6.08. The summed E-state index contributed by atoms with van der Waals surface area (Å²) in [5.41, 5.74) is 4.10. The van der Waals surface area contributed by atoms with Crippen LogP contribution in [-0.4, -0.2) is 5.91 Å². The minimum absolute atomic E-state index is 0.0186. The Morgan fingerprint density at radius 1 is 0.909 bits per heavy atom. The number of amides is 1. The molecule has 22 heavy (non-hydrogen) atoms. The van der Waals surface area contributed by atoms with Gasteiger partial charge in [0.2, 0.25) is 0 Å². The normalized spacial score (nSPS) is 10.6. The van der Waals surface area contributed by atoms with E-state index in [0.717, 1.165) is 27.5 Å². The van der Waals surface area contributed by atoms with Crippen LogP contribution < -0.4 is 5.32 Å². The first kappa shape index (κ1) is 14.3. The summed E-state index contributed by atoms with van der Waals surface area (Å²) in [6.07, 6.45) is 0. The third-order valence-corrected chi connectivity index (χ3v) is 3.94. The fourth-order valence-electron chi connectivity index (χ4n) is 2.66. The van der Waals surface area contributed by atoms with Gasteiger partial charge in [-0.05, 0) is 35.7 Å². The lowest BCUT2D eigenvalue weighted by atomic mass is 9.99. The van der Waals surface area contributed by atoms with E-state index in [1.165, 1.54) is 5.56 Å². The fraction of sp³-hybridized carbons (Fsp3) is 0.150. The van der Waals surface area contributed by atoms with Crippen LogP contribution >= 0.6 is 0 Å². The van der Waals surface area contributed by atoms with Gasteiger partial charge in [0.15, 0.2) is 0 Å². The van der Waals surface area contributed by atoms with E-state index in [0.29, 0.717) is 6.54 Å². The predicted molar refractivity (Wildman–Crippen MR) is 91.0 cm³/mol. The fourth-order valence-corrected chi connectivity index (χ4v) is 2.66. The number of fused-ring (bicyclic) bond motifs is 1. The molecule has 0 saturated carbocycles. The van der Waals surface area contributed by atoms with Gasteiger partial charge in [0.1, 0.15) is 0 Å². The minimum Gasteiger partial charge on any atom is -0.348 e. The van der Waals surface area contributed by atoms with Crippen LogP contribution in [0.15, 0.2) is 60.7 Å². The lowest BCUT2D eigenvalue weighted by Crippen LogP contribution is -2.23. The summed E-state index contributed by atoms with van der Waals surface area (Å²) in [7, 11) is 0. The van der Waals surface area contributed by atoms with Gasteiger partial charge in [-0.2, -0.15) is 0 Å². The second-order valence-corrected chi connectivity index (χ2v) is 5.65. The van der Waals surface area contributed by atoms with Crippen molar-refractivity contribution < 1.29 is 4.79 Å². The molecule has 0 heterocycles. The third-order valence-electron chi connectivity index (χ3n) is 3.94. The number of hydrogen-bond donors (Lipinski definition) is 1.